The summed E-state index contributed by atoms with van der Waals surface area (Å²) in [5.41, 5.74) is 3.83. The van der Waals surface area contributed by atoms with Gasteiger partial charge in [0.2, 0.25) is 5.91 Å². The number of nitrogens with one attached hydrogen (secondary N) is 2. The minimum absolute atomic E-state index is 0.00735. The Bertz CT molecular complexity index is 772. The van der Waals surface area contributed by atoms with Crippen molar-refractivity contribution < 1.29 is 9.59 Å². The van der Waals surface area contributed by atoms with Crippen LogP contribution in [0.15, 0.2) is 30.5 Å². The second-order valence-electron chi connectivity index (χ2n) is 6.70. The number of aromatic amines is 1. The number of aromatic nitrogens is 2. The molecule has 0 unspecified atom stereocenters. The largest absolute Gasteiger partial charge is 0.384 e. The van der Waals surface area contributed by atoms with Crippen LogP contribution in [0.2, 0.25) is 0 Å². The number of anilines is 1. The van der Waals surface area contributed by atoms with E-state index in [2.05, 4.69) is 15.5 Å². The van der Waals surface area contributed by atoms with E-state index in [0.29, 0.717) is 25.1 Å². The number of fused-ring (bicyclic) bond motifs is 1. The van der Waals surface area contributed by atoms with Crippen LogP contribution < -0.4 is 5.32 Å². The molecule has 0 radical (unpaired) electrons. The third kappa shape index (κ3) is 4.22. The van der Waals surface area contributed by atoms with Gasteiger partial charge in [-0.2, -0.15) is 5.10 Å². The van der Waals surface area contributed by atoms with Crippen LogP contribution in [0.3, 0.4) is 0 Å². The predicted octanol–water partition coefficient (Wildman–Crippen LogP) is 1.54. The fourth-order valence-corrected chi connectivity index (χ4v) is 3.10. The van der Waals surface area contributed by atoms with Crippen molar-refractivity contribution in [2.75, 3.05) is 39.0 Å². The summed E-state index contributed by atoms with van der Waals surface area (Å²) in [6.45, 7) is 2.14. The van der Waals surface area contributed by atoms with Crippen LogP contribution >= 0.6 is 0 Å². The van der Waals surface area contributed by atoms with Gasteiger partial charge < -0.3 is 15.1 Å². The van der Waals surface area contributed by atoms with E-state index in [1.807, 2.05) is 18.2 Å². The zero-order valence-corrected chi connectivity index (χ0v) is 15.3. The third-order valence-electron chi connectivity index (χ3n) is 4.73. The molecular formula is C19H25N5O2. The van der Waals surface area contributed by atoms with E-state index in [0.717, 1.165) is 30.8 Å². The number of rotatable bonds is 7. The first kappa shape index (κ1) is 18.0. The highest BCUT2D eigenvalue weighted by atomic mass is 16.2. The Hall–Kier alpha value is -2.83. The maximum absolute atomic E-state index is 12.6. The summed E-state index contributed by atoms with van der Waals surface area (Å²) >= 11 is 0. The number of carbonyl (C=O) groups excluding carboxylic acids is 2. The van der Waals surface area contributed by atoms with E-state index in [9.17, 15) is 9.59 Å². The van der Waals surface area contributed by atoms with Crippen molar-refractivity contribution in [3.63, 3.8) is 0 Å². The van der Waals surface area contributed by atoms with Crippen LogP contribution in [0, 0.1) is 0 Å². The molecule has 0 atom stereocenters. The molecule has 1 aliphatic rings. The monoisotopic (exact) mass is 355 g/mol. The summed E-state index contributed by atoms with van der Waals surface area (Å²) in [5.74, 6) is 0.0425. The minimum atomic E-state index is 0.00735. The molecule has 0 fully saturated rings. The van der Waals surface area contributed by atoms with Gasteiger partial charge in [0.15, 0.2) is 0 Å². The van der Waals surface area contributed by atoms with Crippen molar-refractivity contribution >= 4 is 17.5 Å². The number of hydrogen-bond acceptors (Lipinski definition) is 4. The van der Waals surface area contributed by atoms with Crippen molar-refractivity contribution in [2.24, 2.45) is 0 Å². The van der Waals surface area contributed by atoms with Gasteiger partial charge in [0.25, 0.3) is 5.91 Å². The third-order valence-corrected chi connectivity index (χ3v) is 4.73. The zero-order chi connectivity index (χ0) is 18.5. The van der Waals surface area contributed by atoms with Gasteiger partial charge in [-0.25, -0.2) is 0 Å². The molecule has 3 rings (SSSR count). The van der Waals surface area contributed by atoms with E-state index in [-0.39, 0.29) is 11.8 Å². The van der Waals surface area contributed by atoms with Crippen molar-refractivity contribution in [2.45, 2.75) is 19.3 Å². The zero-order valence-electron chi connectivity index (χ0n) is 15.3. The molecule has 0 saturated carbocycles. The summed E-state index contributed by atoms with van der Waals surface area (Å²) in [4.78, 5) is 28.1. The Balaban J connectivity index is 1.45. The molecule has 0 bridgehead atoms. The quantitative estimate of drug-likeness (QED) is 0.789. The Morgan fingerprint density at radius 2 is 1.96 bits per heavy atom. The fourth-order valence-electron chi connectivity index (χ4n) is 3.10. The molecule has 2 heterocycles. The highest BCUT2D eigenvalue weighted by Gasteiger charge is 2.17. The lowest BCUT2D eigenvalue weighted by atomic mass is 10.1. The summed E-state index contributed by atoms with van der Waals surface area (Å²) < 4.78 is 0. The summed E-state index contributed by atoms with van der Waals surface area (Å²) in [5, 5.41) is 9.94. The van der Waals surface area contributed by atoms with Crippen LogP contribution in [0.1, 0.15) is 28.0 Å². The molecule has 0 saturated heterocycles. The summed E-state index contributed by atoms with van der Waals surface area (Å²) in [6.07, 6.45) is 3.69. The van der Waals surface area contributed by atoms with E-state index in [4.69, 9.17) is 0 Å². The molecule has 1 aromatic heterocycles. The minimum Gasteiger partial charge on any atom is -0.384 e. The average Bonchev–Trinajstić information content (AvgIpc) is 3.31. The second kappa shape index (κ2) is 8.03. The number of amides is 2. The van der Waals surface area contributed by atoms with Crippen LogP contribution in [0.5, 0.6) is 0 Å². The Labute approximate surface area is 153 Å². The highest BCUT2D eigenvalue weighted by Crippen LogP contribution is 2.23. The highest BCUT2D eigenvalue weighted by molar-refractivity contribution is 5.95. The molecule has 0 aliphatic carbocycles. The maximum Gasteiger partial charge on any atom is 0.253 e. The van der Waals surface area contributed by atoms with Gasteiger partial charge in [0.1, 0.15) is 0 Å². The Morgan fingerprint density at radius 3 is 2.73 bits per heavy atom. The van der Waals surface area contributed by atoms with Crippen LogP contribution in [0.25, 0.3) is 0 Å². The molecule has 1 aromatic carbocycles. The first-order valence-electron chi connectivity index (χ1n) is 8.89. The van der Waals surface area contributed by atoms with E-state index in [1.54, 1.807) is 36.2 Å². The molecule has 7 heteroatoms. The van der Waals surface area contributed by atoms with Crippen molar-refractivity contribution in [1.29, 1.82) is 0 Å². The number of hydrogen-bond donors (Lipinski definition) is 2. The van der Waals surface area contributed by atoms with Crippen molar-refractivity contribution in [3.8, 4) is 0 Å². The van der Waals surface area contributed by atoms with E-state index < -0.39 is 0 Å². The average molecular weight is 355 g/mol. The van der Waals surface area contributed by atoms with Gasteiger partial charge in [0.05, 0.1) is 6.42 Å². The standard InChI is InChI=1S/C19H25N5O2/c1-23(18(25)13-16-7-9-21-22-16)10-3-11-24(2)19(26)15-5-4-14-6-8-20-17(14)12-15/h4-5,7,9,12,20H,3,6,8,10-11,13H2,1-2H3,(H,21,22). The topological polar surface area (TPSA) is 81.3 Å². The van der Waals surface area contributed by atoms with Gasteiger partial charge in [-0.1, -0.05) is 6.07 Å². The molecule has 2 amide bonds. The van der Waals surface area contributed by atoms with E-state index >= 15 is 0 Å². The molecule has 7 nitrogen and oxygen atoms in total. The predicted molar refractivity (Wildman–Crippen MR) is 100 cm³/mol. The van der Waals surface area contributed by atoms with E-state index in [1.165, 1.54) is 5.56 Å². The van der Waals surface area contributed by atoms with Gasteiger partial charge in [-0.15, -0.1) is 0 Å². The van der Waals surface area contributed by atoms with Crippen molar-refractivity contribution in [3.05, 3.63) is 47.3 Å². The molecule has 1 aliphatic heterocycles. The number of nitrogens with zero attached hydrogens (tertiary/aromatic N) is 3. The van der Waals surface area contributed by atoms with Gasteiger partial charge in [0, 0.05) is 56.9 Å². The SMILES string of the molecule is CN(CCCN(C)C(=O)c1ccc2c(c1)NCC2)C(=O)Cc1ccn[nH]1. The molecule has 0 spiro atoms. The van der Waals surface area contributed by atoms with Gasteiger partial charge in [-0.05, 0) is 36.6 Å². The second-order valence-corrected chi connectivity index (χ2v) is 6.70. The van der Waals surface area contributed by atoms with Gasteiger partial charge >= 0.3 is 0 Å². The Kier molecular flexibility index (Phi) is 5.55. The molecule has 26 heavy (non-hydrogen) atoms. The van der Waals surface area contributed by atoms with Gasteiger partial charge in [-0.3, -0.25) is 14.7 Å². The lowest BCUT2D eigenvalue weighted by Gasteiger charge is -2.21. The lowest BCUT2D eigenvalue weighted by molar-refractivity contribution is -0.129. The molecule has 2 aromatic rings. The molecular weight excluding hydrogens is 330 g/mol. The molecule has 138 valence electrons. The number of carbonyl (C=O) groups is 2. The van der Waals surface area contributed by atoms with Crippen LogP contribution in [-0.4, -0.2) is 65.5 Å². The smallest absolute Gasteiger partial charge is 0.253 e. The fraction of sp³-hybridized carbons (Fsp3) is 0.421. The summed E-state index contributed by atoms with van der Waals surface area (Å²) in [7, 11) is 3.59. The Morgan fingerprint density at radius 1 is 1.15 bits per heavy atom. The maximum atomic E-state index is 12.6. The lowest BCUT2D eigenvalue weighted by Crippen LogP contribution is -2.33. The summed E-state index contributed by atoms with van der Waals surface area (Å²) in [6, 6.07) is 7.65. The number of likely N-dealkylation sites (N-methyl/N-ethyl adjacent to an activating group) is 1. The van der Waals surface area contributed by atoms with Crippen LogP contribution in [-0.2, 0) is 17.6 Å². The number of benzene rings is 1. The van der Waals surface area contributed by atoms with Crippen molar-refractivity contribution in [1.82, 2.24) is 20.0 Å². The first-order valence-corrected chi connectivity index (χ1v) is 8.89. The molecule has 2 N–H and O–H groups in total. The number of H-pyrrole nitrogens is 1. The van der Waals surface area contributed by atoms with Crippen LogP contribution in [0.4, 0.5) is 5.69 Å². The first-order chi connectivity index (χ1) is 12.5. The normalized spacial score (nSPS) is 12.4.